The molecule has 3 aromatic rings. The molecule has 0 bridgehead atoms. The molecule has 11 nitrogen and oxygen atoms in total. The number of likely N-dealkylation sites (N-methyl/N-ethyl adjacent to an activating group) is 1. The Hall–Kier alpha value is -4.52. The van der Waals surface area contributed by atoms with Crippen LogP contribution in [0.2, 0.25) is 0 Å². The van der Waals surface area contributed by atoms with E-state index in [1.165, 1.54) is 83.9 Å². The zero-order valence-corrected chi connectivity index (χ0v) is 25.7. The number of methoxy groups -OCH3 is 4. The quantitative estimate of drug-likeness (QED) is 0.291. The Morgan fingerprint density at radius 2 is 1.53 bits per heavy atom. The second-order valence-corrected chi connectivity index (χ2v) is 11.1. The van der Waals surface area contributed by atoms with Crippen molar-refractivity contribution in [3.05, 3.63) is 72.0 Å². The highest BCUT2D eigenvalue weighted by Gasteiger charge is 2.34. The molecule has 13 heteroatoms. The van der Waals surface area contributed by atoms with E-state index in [0.717, 1.165) is 9.21 Å². The summed E-state index contributed by atoms with van der Waals surface area (Å²) in [6.07, 6.45) is 0. The molecular formula is C30H36FN3O8S. The van der Waals surface area contributed by atoms with Crippen LogP contribution in [0.3, 0.4) is 0 Å². The van der Waals surface area contributed by atoms with E-state index in [4.69, 9.17) is 18.9 Å². The van der Waals surface area contributed by atoms with Crippen LogP contribution in [0.1, 0.15) is 19.4 Å². The Bertz CT molecular complexity index is 1550. The number of carbonyl (C=O) groups excluding carboxylic acids is 2. The number of benzene rings is 3. The van der Waals surface area contributed by atoms with Crippen molar-refractivity contribution in [2.45, 2.75) is 31.3 Å². The van der Waals surface area contributed by atoms with Crippen molar-refractivity contribution >= 4 is 27.5 Å². The number of amides is 2. The Labute approximate surface area is 251 Å². The minimum atomic E-state index is -4.49. The maximum absolute atomic E-state index is 14.7. The van der Waals surface area contributed by atoms with Gasteiger partial charge in [-0.1, -0.05) is 18.2 Å². The third kappa shape index (κ3) is 7.47. The van der Waals surface area contributed by atoms with E-state index in [-0.39, 0.29) is 34.2 Å². The van der Waals surface area contributed by atoms with Crippen LogP contribution < -0.4 is 28.6 Å². The lowest BCUT2D eigenvalue weighted by Crippen LogP contribution is -2.51. The van der Waals surface area contributed by atoms with E-state index < -0.39 is 40.2 Å². The van der Waals surface area contributed by atoms with Gasteiger partial charge in [-0.3, -0.25) is 13.9 Å². The topological polar surface area (TPSA) is 124 Å². The largest absolute Gasteiger partial charge is 0.497 e. The van der Waals surface area contributed by atoms with Crippen molar-refractivity contribution < 1.29 is 41.3 Å². The summed E-state index contributed by atoms with van der Waals surface area (Å²) >= 11 is 0. The fourth-order valence-electron chi connectivity index (χ4n) is 4.32. The lowest BCUT2D eigenvalue weighted by Gasteiger charge is -2.32. The van der Waals surface area contributed by atoms with Crippen LogP contribution in [0.15, 0.2) is 65.6 Å². The first kappa shape index (κ1) is 33.0. The number of rotatable bonds is 14. The summed E-state index contributed by atoms with van der Waals surface area (Å²) in [5, 5.41) is 2.66. The molecule has 0 aliphatic rings. The molecule has 43 heavy (non-hydrogen) atoms. The average Bonchev–Trinajstić information content (AvgIpc) is 3.02. The molecule has 2 amide bonds. The van der Waals surface area contributed by atoms with E-state index in [1.54, 1.807) is 19.1 Å². The number of ether oxygens (including phenoxy) is 4. The zero-order valence-electron chi connectivity index (χ0n) is 24.9. The van der Waals surface area contributed by atoms with Crippen LogP contribution in [0.25, 0.3) is 0 Å². The molecule has 3 aromatic carbocycles. The van der Waals surface area contributed by atoms with Gasteiger partial charge in [-0.2, -0.15) is 0 Å². The molecule has 232 valence electrons. The van der Waals surface area contributed by atoms with Gasteiger partial charge in [-0.15, -0.1) is 0 Å². The van der Waals surface area contributed by atoms with Crippen molar-refractivity contribution in [1.82, 2.24) is 10.2 Å². The molecule has 0 spiro atoms. The lowest BCUT2D eigenvalue weighted by molar-refractivity contribution is -0.139. The van der Waals surface area contributed by atoms with Gasteiger partial charge in [0.1, 0.15) is 29.9 Å². The molecule has 0 aliphatic heterocycles. The summed E-state index contributed by atoms with van der Waals surface area (Å²) in [5.41, 5.74) is 0.154. The normalized spacial score (nSPS) is 11.7. The zero-order chi connectivity index (χ0) is 31.7. The van der Waals surface area contributed by atoms with Crippen molar-refractivity contribution in [3.63, 3.8) is 0 Å². The second-order valence-electron chi connectivity index (χ2n) is 9.25. The summed E-state index contributed by atoms with van der Waals surface area (Å²) in [5.74, 6) is -0.942. The van der Waals surface area contributed by atoms with Crippen LogP contribution in [0.4, 0.5) is 10.1 Å². The molecule has 3 rings (SSSR count). The highest BCUT2D eigenvalue weighted by Crippen LogP contribution is 2.37. The SMILES string of the molecule is CCNC(=O)[C@H](C)N(Cc1ccccc1F)C(=O)CN(c1cc(OC)ccc1OC)S(=O)(=O)c1ccc(OC)c(OC)c1. The van der Waals surface area contributed by atoms with E-state index in [0.29, 0.717) is 18.0 Å². The van der Waals surface area contributed by atoms with Gasteiger partial charge in [-0.05, 0) is 44.2 Å². The van der Waals surface area contributed by atoms with Gasteiger partial charge in [-0.25, -0.2) is 12.8 Å². The molecular weight excluding hydrogens is 581 g/mol. The second kappa shape index (κ2) is 14.6. The predicted octanol–water partition coefficient (Wildman–Crippen LogP) is 3.61. The number of halogens is 1. The number of nitrogens with one attached hydrogen (secondary N) is 1. The number of hydrogen-bond acceptors (Lipinski definition) is 8. The standard InChI is InChI=1S/C30H36FN3O8S/c1-7-32-30(36)20(2)33(18-21-10-8-9-11-24(21)31)29(35)19-34(25-16-22(39-3)12-14-26(25)40-4)43(37,38)23-13-15-27(41-5)28(17-23)42-6/h8-17,20H,7,18-19H2,1-6H3,(H,32,36)/t20-/m0/s1. The van der Waals surface area contributed by atoms with E-state index in [9.17, 15) is 22.4 Å². The maximum Gasteiger partial charge on any atom is 0.265 e. The van der Waals surface area contributed by atoms with Gasteiger partial charge in [0, 0.05) is 30.8 Å². The van der Waals surface area contributed by atoms with Crippen LogP contribution in [0, 0.1) is 5.82 Å². The molecule has 0 aromatic heterocycles. The predicted molar refractivity (Wildman–Crippen MR) is 159 cm³/mol. The smallest absolute Gasteiger partial charge is 0.265 e. The molecule has 0 aliphatic carbocycles. The summed E-state index contributed by atoms with van der Waals surface area (Å²) in [6, 6.07) is 13.3. The summed E-state index contributed by atoms with van der Waals surface area (Å²) in [6.45, 7) is 2.45. The first-order valence-electron chi connectivity index (χ1n) is 13.3. The Morgan fingerprint density at radius 1 is 0.884 bits per heavy atom. The first-order valence-corrected chi connectivity index (χ1v) is 14.7. The molecule has 0 saturated heterocycles. The van der Waals surface area contributed by atoms with Crippen LogP contribution in [0.5, 0.6) is 23.0 Å². The number of hydrogen-bond donors (Lipinski definition) is 1. The fourth-order valence-corrected chi connectivity index (χ4v) is 5.76. The molecule has 0 fully saturated rings. The van der Waals surface area contributed by atoms with E-state index in [2.05, 4.69) is 5.32 Å². The van der Waals surface area contributed by atoms with Crippen LogP contribution >= 0.6 is 0 Å². The lowest BCUT2D eigenvalue weighted by atomic mass is 10.1. The molecule has 1 N–H and O–H groups in total. The highest BCUT2D eigenvalue weighted by molar-refractivity contribution is 7.92. The van der Waals surface area contributed by atoms with Crippen LogP contribution in [-0.2, 0) is 26.2 Å². The average molecular weight is 618 g/mol. The molecule has 0 radical (unpaired) electrons. The van der Waals surface area contributed by atoms with Crippen molar-refractivity contribution in [2.75, 3.05) is 45.8 Å². The first-order chi connectivity index (χ1) is 20.5. The van der Waals surface area contributed by atoms with Gasteiger partial charge < -0.3 is 29.2 Å². The monoisotopic (exact) mass is 617 g/mol. The third-order valence-corrected chi connectivity index (χ3v) is 8.45. The summed E-state index contributed by atoms with van der Waals surface area (Å²) in [4.78, 5) is 27.8. The number of sulfonamides is 1. The van der Waals surface area contributed by atoms with Gasteiger partial charge in [0.05, 0.1) is 39.0 Å². The Morgan fingerprint density at radius 3 is 2.14 bits per heavy atom. The number of carbonyl (C=O) groups is 2. The van der Waals surface area contributed by atoms with Crippen molar-refractivity contribution in [2.24, 2.45) is 0 Å². The van der Waals surface area contributed by atoms with Gasteiger partial charge in [0.2, 0.25) is 11.8 Å². The van der Waals surface area contributed by atoms with E-state index in [1.807, 2.05) is 0 Å². The number of nitrogens with zero attached hydrogens (tertiary/aromatic N) is 2. The fraction of sp³-hybridized carbons (Fsp3) is 0.333. The van der Waals surface area contributed by atoms with Crippen LogP contribution in [-0.4, -0.2) is 72.7 Å². The Kier molecular flexibility index (Phi) is 11.2. The van der Waals surface area contributed by atoms with Gasteiger partial charge in [0.25, 0.3) is 10.0 Å². The summed E-state index contributed by atoms with van der Waals surface area (Å²) in [7, 11) is 1.05. The number of anilines is 1. The van der Waals surface area contributed by atoms with Crippen molar-refractivity contribution in [3.8, 4) is 23.0 Å². The minimum absolute atomic E-state index is 0.00138. The molecule has 0 heterocycles. The summed E-state index contributed by atoms with van der Waals surface area (Å²) < 4.78 is 65.4. The highest BCUT2D eigenvalue weighted by atomic mass is 32.2. The Balaban J connectivity index is 2.18. The van der Waals surface area contributed by atoms with Crippen molar-refractivity contribution in [1.29, 1.82) is 0 Å². The molecule has 1 atom stereocenters. The minimum Gasteiger partial charge on any atom is -0.497 e. The molecule has 0 saturated carbocycles. The van der Waals surface area contributed by atoms with E-state index >= 15 is 0 Å². The maximum atomic E-state index is 14.7. The van der Waals surface area contributed by atoms with Gasteiger partial charge in [0.15, 0.2) is 11.5 Å². The third-order valence-electron chi connectivity index (χ3n) is 6.69. The van der Waals surface area contributed by atoms with Gasteiger partial charge >= 0.3 is 0 Å². The molecule has 0 unspecified atom stereocenters.